The number of benzene rings is 1. The molecule has 0 spiro atoms. The van der Waals surface area contributed by atoms with Crippen molar-refractivity contribution in [2.45, 2.75) is 46.1 Å². The summed E-state index contributed by atoms with van der Waals surface area (Å²) in [4.78, 5) is 19.1. The van der Waals surface area contributed by atoms with E-state index in [4.69, 9.17) is 4.52 Å². The zero-order chi connectivity index (χ0) is 21.1. The van der Waals surface area contributed by atoms with Gasteiger partial charge in [-0.2, -0.15) is 10.1 Å². The third-order valence-electron chi connectivity index (χ3n) is 5.60. The molecule has 8 heteroatoms. The number of rotatable bonds is 6. The molecule has 1 aliphatic rings. The normalized spacial score (nSPS) is 16.8. The van der Waals surface area contributed by atoms with Gasteiger partial charge in [0.2, 0.25) is 5.91 Å². The maximum atomic E-state index is 13.1. The second-order valence-electron chi connectivity index (χ2n) is 7.99. The van der Waals surface area contributed by atoms with E-state index < -0.39 is 0 Å². The summed E-state index contributed by atoms with van der Waals surface area (Å²) in [7, 11) is 0. The Bertz CT molecular complexity index is 1010. The molecule has 2 aromatic heterocycles. The lowest BCUT2D eigenvalue weighted by atomic mass is 9.93. The largest absolute Gasteiger partial charge is 0.341 e. The predicted octanol–water partition coefficient (Wildman–Crippen LogP) is 3.56. The minimum atomic E-state index is -0.298. The van der Waals surface area contributed by atoms with E-state index in [1.54, 1.807) is 16.8 Å². The number of aromatic nitrogens is 4. The molecule has 0 N–H and O–H groups in total. The number of hydrogen-bond acceptors (Lipinski definition) is 5. The SMILES string of the molecule is Cc1cc(C)n(CC(=O)N2CCCC(CCc3noc(-c4ccc(F)cc4)n3)C2)n1. The van der Waals surface area contributed by atoms with E-state index in [1.165, 1.54) is 12.1 Å². The van der Waals surface area contributed by atoms with Crippen LogP contribution in [0.25, 0.3) is 11.5 Å². The molecule has 0 saturated carbocycles. The molecule has 1 amide bonds. The summed E-state index contributed by atoms with van der Waals surface area (Å²) in [6.45, 7) is 5.74. The number of aryl methyl sites for hydroxylation is 3. The zero-order valence-corrected chi connectivity index (χ0v) is 17.3. The third-order valence-corrected chi connectivity index (χ3v) is 5.60. The molecule has 1 fully saturated rings. The number of halogens is 1. The van der Waals surface area contributed by atoms with Crippen molar-refractivity contribution >= 4 is 5.91 Å². The van der Waals surface area contributed by atoms with Gasteiger partial charge in [0.05, 0.1) is 5.69 Å². The molecule has 1 unspecified atom stereocenters. The van der Waals surface area contributed by atoms with E-state index in [0.29, 0.717) is 29.6 Å². The van der Waals surface area contributed by atoms with Gasteiger partial charge in [0.15, 0.2) is 5.82 Å². The highest BCUT2D eigenvalue weighted by molar-refractivity contribution is 5.76. The Hall–Kier alpha value is -3.03. The van der Waals surface area contributed by atoms with Crippen LogP contribution in [-0.2, 0) is 17.8 Å². The number of carbonyl (C=O) groups excluding carboxylic acids is 1. The van der Waals surface area contributed by atoms with Crippen LogP contribution in [0, 0.1) is 25.6 Å². The van der Waals surface area contributed by atoms with Crippen molar-refractivity contribution < 1.29 is 13.7 Å². The summed E-state index contributed by atoms with van der Waals surface area (Å²) in [5, 5.41) is 8.44. The molecule has 7 nitrogen and oxygen atoms in total. The highest BCUT2D eigenvalue weighted by atomic mass is 19.1. The molecule has 0 radical (unpaired) electrons. The fraction of sp³-hybridized carbons (Fsp3) is 0.455. The Labute approximate surface area is 174 Å². The zero-order valence-electron chi connectivity index (χ0n) is 17.3. The quantitative estimate of drug-likeness (QED) is 0.620. The van der Waals surface area contributed by atoms with E-state index in [-0.39, 0.29) is 18.3 Å². The summed E-state index contributed by atoms with van der Waals surface area (Å²) in [6.07, 6.45) is 3.67. The van der Waals surface area contributed by atoms with Gasteiger partial charge in [-0.25, -0.2) is 4.39 Å². The lowest BCUT2D eigenvalue weighted by Gasteiger charge is -2.32. The first kappa shape index (κ1) is 20.3. The van der Waals surface area contributed by atoms with E-state index in [9.17, 15) is 9.18 Å². The Balaban J connectivity index is 1.30. The monoisotopic (exact) mass is 411 g/mol. The minimum Gasteiger partial charge on any atom is -0.341 e. The first-order valence-corrected chi connectivity index (χ1v) is 10.4. The van der Waals surface area contributed by atoms with E-state index in [2.05, 4.69) is 15.2 Å². The fourth-order valence-electron chi connectivity index (χ4n) is 3.99. The Morgan fingerprint density at radius 1 is 1.27 bits per heavy atom. The van der Waals surface area contributed by atoms with Crippen LogP contribution in [0.2, 0.25) is 0 Å². The molecular weight excluding hydrogens is 385 g/mol. The van der Waals surface area contributed by atoms with E-state index >= 15 is 0 Å². The van der Waals surface area contributed by atoms with Gasteiger partial charge in [-0.15, -0.1) is 0 Å². The van der Waals surface area contributed by atoms with Gasteiger partial charge in [0.1, 0.15) is 12.4 Å². The molecule has 0 bridgehead atoms. The smallest absolute Gasteiger partial charge is 0.257 e. The van der Waals surface area contributed by atoms with Crippen molar-refractivity contribution in [3.63, 3.8) is 0 Å². The standard InChI is InChI=1S/C22H26FN5O2/c1-15-12-16(2)28(25-15)14-21(29)27-11-3-4-17(13-27)5-10-20-24-22(30-26-20)18-6-8-19(23)9-7-18/h6-9,12,17H,3-5,10-11,13-14H2,1-2H3. The first-order valence-electron chi connectivity index (χ1n) is 10.4. The van der Waals surface area contributed by atoms with Crippen molar-refractivity contribution in [3.8, 4) is 11.5 Å². The van der Waals surface area contributed by atoms with Crippen molar-refractivity contribution in [1.82, 2.24) is 24.8 Å². The molecule has 1 aromatic carbocycles. The van der Waals surface area contributed by atoms with Crippen LogP contribution < -0.4 is 0 Å². The van der Waals surface area contributed by atoms with Crippen molar-refractivity contribution in [2.75, 3.05) is 13.1 Å². The molecule has 1 saturated heterocycles. The summed E-state index contributed by atoms with van der Waals surface area (Å²) < 4.78 is 20.2. The van der Waals surface area contributed by atoms with Crippen LogP contribution in [0.4, 0.5) is 4.39 Å². The molecule has 1 atom stereocenters. The maximum absolute atomic E-state index is 13.1. The van der Waals surface area contributed by atoms with E-state index in [1.807, 2.05) is 24.8 Å². The predicted molar refractivity (Wildman–Crippen MR) is 109 cm³/mol. The summed E-state index contributed by atoms with van der Waals surface area (Å²) in [5.41, 5.74) is 2.63. The summed E-state index contributed by atoms with van der Waals surface area (Å²) >= 11 is 0. The van der Waals surface area contributed by atoms with Crippen LogP contribution >= 0.6 is 0 Å². The van der Waals surface area contributed by atoms with Crippen LogP contribution in [-0.4, -0.2) is 43.8 Å². The number of piperidine rings is 1. The highest BCUT2D eigenvalue weighted by Gasteiger charge is 2.24. The average Bonchev–Trinajstić information content (AvgIpc) is 3.33. The van der Waals surface area contributed by atoms with Crippen LogP contribution in [0.3, 0.4) is 0 Å². The topological polar surface area (TPSA) is 77.0 Å². The molecule has 1 aliphatic heterocycles. The summed E-state index contributed by atoms with van der Waals surface area (Å²) in [6, 6.07) is 7.98. The first-order chi connectivity index (χ1) is 14.5. The van der Waals surface area contributed by atoms with Gasteiger partial charge in [-0.05, 0) is 69.4 Å². The molecule has 0 aliphatic carbocycles. The van der Waals surface area contributed by atoms with Crippen molar-refractivity contribution in [3.05, 3.63) is 53.4 Å². The van der Waals surface area contributed by atoms with Gasteiger partial charge in [-0.1, -0.05) is 5.16 Å². The Morgan fingerprint density at radius 2 is 2.07 bits per heavy atom. The molecular formula is C22H26FN5O2. The number of hydrogen-bond donors (Lipinski definition) is 0. The average molecular weight is 411 g/mol. The lowest BCUT2D eigenvalue weighted by Crippen LogP contribution is -2.41. The molecule has 3 heterocycles. The second kappa shape index (κ2) is 8.77. The third kappa shape index (κ3) is 4.75. The number of amides is 1. The maximum Gasteiger partial charge on any atom is 0.257 e. The van der Waals surface area contributed by atoms with E-state index in [0.717, 1.165) is 43.7 Å². The van der Waals surface area contributed by atoms with Crippen LogP contribution in [0.1, 0.15) is 36.5 Å². The second-order valence-corrected chi connectivity index (χ2v) is 7.99. The molecule has 3 aromatic rings. The van der Waals surface area contributed by atoms with Crippen LogP contribution in [0.15, 0.2) is 34.9 Å². The molecule has 4 rings (SSSR count). The molecule has 158 valence electrons. The van der Waals surface area contributed by atoms with Crippen molar-refractivity contribution in [2.24, 2.45) is 5.92 Å². The van der Waals surface area contributed by atoms with Gasteiger partial charge in [0, 0.05) is 30.8 Å². The highest BCUT2D eigenvalue weighted by Crippen LogP contribution is 2.23. The summed E-state index contributed by atoms with van der Waals surface area (Å²) in [5.74, 6) is 1.27. The van der Waals surface area contributed by atoms with Gasteiger partial charge < -0.3 is 9.42 Å². The van der Waals surface area contributed by atoms with Crippen molar-refractivity contribution in [1.29, 1.82) is 0 Å². The Morgan fingerprint density at radius 3 is 2.80 bits per heavy atom. The van der Waals surface area contributed by atoms with Crippen LogP contribution in [0.5, 0.6) is 0 Å². The van der Waals surface area contributed by atoms with Gasteiger partial charge >= 0.3 is 0 Å². The fourth-order valence-corrected chi connectivity index (χ4v) is 3.99. The molecule has 30 heavy (non-hydrogen) atoms. The number of nitrogens with zero attached hydrogens (tertiary/aromatic N) is 5. The van der Waals surface area contributed by atoms with Gasteiger partial charge in [-0.3, -0.25) is 9.48 Å². The number of likely N-dealkylation sites (tertiary alicyclic amines) is 1. The number of carbonyl (C=O) groups is 1. The van der Waals surface area contributed by atoms with Gasteiger partial charge in [0.25, 0.3) is 5.89 Å². The Kier molecular flexibility index (Phi) is 5.92. The lowest BCUT2D eigenvalue weighted by molar-refractivity contribution is -0.133. The minimum absolute atomic E-state index is 0.115.